The number of rotatable bonds is 6. The van der Waals surface area contributed by atoms with Crippen molar-refractivity contribution in [2.45, 2.75) is 32.8 Å². The number of esters is 1. The van der Waals surface area contributed by atoms with Crippen LogP contribution in [0.3, 0.4) is 0 Å². The number of nitriles is 1. The smallest absolute Gasteiger partial charge is 0.322 e. The van der Waals surface area contributed by atoms with Gasteiger partial charge in [0.15, 0.2) is 10.1 Å². The van der Waals surface area contributed by atoms with Crippen LogP contribution >= 0.6 is 0 Å². The molecule has 24 heavy (non-hydrogen) atoms. The van der Waals surface area contributed by atoms with Crippen LogP contribution in [0, 0.1) is 16.2 Å². The van der Waals surface area contributed by atoms with E-state index in [2.05, 4.69) is 10.4 Å². The van der Waals surface area contributed by atoms with Crippen LogP contribution in [-0.2, 0) is 16.0 Å². The van der Waals surface area contributed by atoms with Gasteiger partial charge in [0.2, 0.25) is 0 Å². The largest absolute Gasteiger partial charge is 0.463 e. The van der Waals surface area contributed by atoms with E-state index in [1.807, 2.05) is 6.07 Å². The summed E-state index contributed by atoms with van der Waals surface area (Å²) in [6.07, 6.45) is 0.0162. The van der Waals surface area contributed by atoms with Crippen molar-refractivity contribution >= 4 is 23.0 Å². The van der Waals surface area contributed by atoms with Crippen LogP contribution in [0.2, 0.25) is 0 Å². The van der Waals surface area contributed by atoms with E-state index in [9.17, 15) is 14.9 Å². The average molecular weight is 332 g/mol. The maximum absolute atomic E-state index is 12.0. The SMILES string of the molecule is CC(C)OC(=O)CCNc1n[n+](=O)c2cc(CC#N)ccc2n1O. The Hall–Kier alpha value is -3.15. The van der Waals surface area contributed by atoms with E-state index >= 15 is 0 Å². The van der Waals surface area contributed by atoms with Crippen LogP contribution in [0.1, 0.15) is 25.8 Å². The van der Waals surface area contributed by atoms with Gasteiger partial charge in [-0.2, -0.15) is 5.26 Å². The molecular weight excluding hydrogens is 314 g/mol. The number of ether oxygens (including phenoxy) is 1. The second-order valence-electron chi connectivity index (χ2n) is 5.38. The number of nitrogens with zero attached hydrogens (tertiary/aromatic N) is 4. The highest BCUT2D eigenvalue weighted by Crippen LogP contribution is 2.14. The first-order valence-electron chi connectivity index (χ1n) is 7.40. The minimum absolute atomic E-state index is 0.0673. The van der Waals surface area contributed by atoms with E-state index in [1.54, 1.807) is 19.9 Å². The van der Waals surface area contributed by atoms with Gasteiger partial charge in [0.05, 0.1) is 35.0 Å². The van der Waals surface area contributed by atoms with Crippen molar-refractivity contribution in [2.75, 3.05) is 11.9 Å². The third kappa shape index (κ3) is 3.98. The molecule has 9 heteroatoms. The molecule has 126 valence electrons. The number of hydrogen-bond donors (Lipinski definition) is 2. The molecule has 0 unspecified atom stereocenters. The maximum Gasteiger partial charge on any atom is 0.322 e. The lowest BCUT2D eigenvalue weighted by Crippen LogP contribution is -2.27. The van der Waals surface area contributed by atoms with Gasteiger partial charge in [-0.05, 0) is 25.5 Å². The van der Waals surface area contributed by atoms with Crippen molar-refractivity contribution in [3.8, 4) is 6.07 Å². The zero-order chi connectivity index (χ0) is 17.7. The van der Waals surface area contributed by atoms with E-state index < -0.39 is 0 Å². The molecule has 0 saturated heterocycles. The molecule has 2 N–H and O–H groups in total. The van der Waals surface area contributed by atoms with Crippen molar-refractivity contribution in [3.63, 3.8) is 0 Å². The standard InChI is InChI=1S/C15H18N5O4/c1-10(2)24-14(21)6-8-17-15-18-20(23)13-9-11(5-7-16)3-4-12(13)19(15)22/h3-4,9-10,22H,5-6,8H2,1-2H3,(H,17,18,23)/q+1. The van der Waals surface area contributed by atoms with Crippen LogP contribution < -0.4 is 9.86 Å². The van der Waals surface area contributed by atoms with Crippen molar-refractivity contribution in [2.24, 2.45) is 0 Å². The number of benzene rings is 1. The molecule has 1 aromatic carbocycles. The Bertz CT molecular complexity index is 853. The fourth-order valence-corrected chi connectivity index (χ4v) is 2.11. The minimum atomic E-state index is -0.390. The zero-order valence-electron chi connectivity index (χ0n) is 13.4. The Morgan fingerprint density at radius 2 is 2.29 bits per heavy atom. The van der Waals surface area contributed by atoms with Gasteiger partial charge in [-0.3, -0.25) is 4.79 Å². The molecule has 0 aliphatic carbocycles. The molecule has 0 bridgehead atoms. The fraction of sp³-hybridized carbons (Fsp3) is 0.400. The molecule has 0 spiro atoms. The predicted molar refractivity (Wildman–Crippen MR) is 83.9 cm³/mol. The van der Waals surface area contributed by atoms with E-state index in [1.165, 1.54) is 12.1 Å². The van der Waals surface area contributed by atoms with Gasteiger partial charge in [-0.1, -0.05) is 6.07 Å². The molecule has 9 nitrogen and oxygen atoms in total. The summed E-state index contributed by atoms with van der Waals surface area (Å²) in [6.45, 7) is 3.65. The van der Waals surface area contributed by atoms with Crippen molar-refractivity contribution in [3.05, 3.63) is 28.7 Å². The second-order valence-corrected chi connectivity index (χ2v) is 5.38. The molecule has 2 rings (SSSR count). The summed E-state index contributed by atoms with van der Waals surface area (Å²) >= 11 is 0. The van der Waals surface area contributed by atoms with E-state index in [0.717, 1.165) is 4.73 Å². The van der Waals surface area contributed by atoms with Crippen molar-refractivity contribution in [1.29, 1.82) is 5.26 Å². The summed E-state index contributed by atoms with van der Waals surface area (Å²) in [5.74, 6) is -0.484. The summed E-state index contributed by atoms with van der Waals surface area (Å²) in [5.41, 5.74) is 1.01. The van der Waals surface area contributed by atoms with E-state index in [0.29, 0.717) is 10.1 Å². The minimum Gasteiger partial charge on any atom is -0.463 e. The third-order valence-electron chi connectivity index (χ3n) is 3.12. The number of nitrogens with one attached hydrogen (secondary N) is 1. The normalized spacial score (nSPS) is 10.6. The maximum atomic E-state index is 12.0. The number of fused-ring (bicyclic) bond motifs is 1. The van der Waals surface area contributed by atoms with E-state index in [4.69, 9.17) is 10.00 Å². The summed E-state index contributed by atoms with van der Waals surface area (Å²) in [7, 11) is 0. The summed E-state index contributed by atoms with van der Waals surface area (Å²) < 4.78 is 6.08. The average Bonchev–Trinajstić information content (AvgIpc) is 2.51. The van der Waals surface area contributed by atoms with E-state index in [-0.39, 0.29) is 48.4 Å². The molecular formula is C15H18N5O4+. The zero-order valence-corrected chi connectivity index (χ0v) is 13.4. The molecule has 0 saturated carbocycles. The van der Waals surface area contributed by atoms with Crippen LogP contribution in [0.25, 0.3) is 11.0 Å². The highest BCUT2D eigenvalue weighted by Gasteiger charge is 2.18. The number of carbonyl (C=O) groups excluding carboxylic acids is 1. The first-order chi connectivity index (χ1) is 11.4. The molecule has 2 aromatic rings. The lowest BCUT2D eigenvalue weighted by atomic mass is 10.1. The van der Waals surface area contributed by atoms with Crippen molar-refractivity contribution in [1.82, 2.24) is 9.83 Å². The first-order valence-corrected chi connectivity index (χ1v) is 7.40. The van der Waals surface area contributed by atoms with Gasteiger partial charge >= 0.3 is 17.4 Å². The van der Waals surface area contributed by atoms with Gasteiger partial charge in [-0.15, -0.1) is 4.73 Å². The molecule has 0 atom stereocenters. The summed E-state index contributed by atoms with van der Waals surface area (Å²) in [5, 5.41) is 25.3. The topological polar surface area (TPSA) is 123 Å². The van der Waals surface area contributed by atoms with Gasteiger partial charge in [0, 0.05) is 12.6 Å². The predicted octanol–water partition coefficient (Wildman–Crippen LogP) is 1.01. The monoisotopic (exact) mass is 332 g/mol. The fourth-order valence-electron chi connectivity index (χ4n) is 2.11. The Labute approximate surface area is 137 Å². The summed E-state index contributed by atoms with van der Waals surface area (Å²) in [6, 6.07) is 6.65. The number of hydrogen-bond acceptors (Lipinski definition) is 7. The van der Waals surface area contributed by atoms with Crippen LogP contribution in [-0.4, -0.2) is 33.7 Å². The molecule has 1 heterocycles. The molecule has 0 aliphatic heterocycles. The van der Waals surface area contributed by atoms with Crippen LogP contribution in [0.15, 0.2) is 18.2 Å². The van der Waals surface area contributed by atoms with Gasteiger partial charge in [-0.25, -0.2) is 0 Å². The Morgan fingerprint density at radius 1 is 1.54 bits per heavy atom. The second kappa shape index (κ2) is 7.41. The molecule has 0 aliphatic rings. The Balaban J connectivity index is 2.19. The highest BCUT2D eigenvalue weighted by molar-refractivity contribution is 5.73. The number of aromatic nitrogens is 3. The van der Waals surface area contributed by atoms with Gasteiger partial charge in [0.1, 0.15) is 0 Å². The molecule has 0 radical (unpaired) electrons. The number of anilines is 1. The first kappa shape index (κ1) is 17.2. The lowest BCUT2D eigenvalue weighted by molar-refractivity contribution is -0.535. The van der Waals surface area contributed by atoms with Crippen LogP contribution in [0.5, 0.6) is 0 Å². The lowest BCUT2D eigenvalue weighted by Gasteiger charge is -2.09. The van der Waals surface area contributed by atoms with Crippen molar-refractivity contribution < 1.29 is 19.3 Å². The summed E-state index contributed by atoms with van der Waals surface area (Å²) in [4.78, 5) is 23.5. The Kier molecular flexibility index (Phi) is 5.31. The number of carbonyl (C=O) groups is 1. The van der Waals surface area contributed by atoms with Gasteiger partial charge < -0.3 is 15.3 Å². The quantitative estimate of drug-likeness (QED) is 0.459. The van der Waals surface area contributed by atoms with Crippen LogP contribution in [0.4, 0.5) is 5.95 Å². The highest BCUT2D eigenvalue weighted by atomic mass is 16.5. The molecule has 1 aromatic heterocycles. The molecule has 0 amide bonds. The van der Waals surface area contributed by atoms with Gasteiger partial charge in [0.25, 0.3) is 0 Å². The Morgan fingerprint density at radius 3 is 2.96 bits per heavy atom. The third-order valence-corrected chi connectivity index (χ3v) is 3.12. The molecule has 0 fully saturated rings.